The van der Waals surface area contributed by atoms with E-state index in [0.29, 0.717) is 20.3 Å². The van der Waals surface area contributed by atoms with Crippen LogP contribution in [0.2, 0.25) is 0 Å². The first-order valence-corrected chi connectivity index (χ1v) is 9.57. The number of hydrogen-bond acceptors (Lipinski definition) is 3. The fourth-order valence-corrected chi connectivity index (χ4v) is 3.68. The second-order valence-electron chi connectivity index (χ2n) is 5.62. The minimum absolute atomic E-state index is 0.0680. The third kappa shape index (κ3) is 6.21. The molecule has 9 heteroatoms. The van der Waals surface area contributed by atoms with E-state index >= 15 is 0 Å². The van der Waals surface area contributed by atoms with Gasteiger partial charge in [0, 0.05) is 5.69 Å². The first-order valence-electron chi connectivity index (χ1n) is 7.99. The van der Waals surface area contributed by atoms with Crippen LogP contribution in [-0.4, -0.2) is 12.5 Å². The quantitative estimate of drug-likeness (QED) is 0.270. The van der Waals surface area contributed by atoms with Crippen molar-refractivity contribution >= 4 is 49.5 Å². The summed E-state index contributed by atoms with van der Waals surface area (Å²) in [4.78, 5) is 12.3. The van der Waals surface area contributed by atoms with Crippen molar-refractivity contribution in [3.8, 4) is 11.8 Å². The van der Waals surface area contributed by atoms with Gasteiger partial charge in [-0.2, -0.15) is 18.4 Å². The molecule has 1 amide bonds. The molecule has 0 unspecified atom stereocenters. The zero-order chi connectivity index (χ0) is 21.6. The highest BCUT2D eigenvalue weighted by molar-refractivity contribution is 9.11. The Hall–Kier alpha value is -2.57. The largest absolute Gasteiger partial charge is 0.487 e. The van der Waals surface area contributed by atoms with E-state index in [4.69, 9.17) is 4.74 Å². The molecule has 0 saturated heterocycles. The SMILES string of the molecule is C=CCOc1c(Br)cc(/C=C(\C#N)C(=O)Nc2cccc(C(F)(F)F)c2)cc1Br. The fraction of sp³-hybridized carbons (Fsp3) is 0.100. The van der Waals surface area contributed by atoms with E-state index in [1.165, 1.54) is 18.2 Å². The number of ether oxygens (including phenoxy) is 1. The molecule has 2 aromatic carbocycles. The first kappa shape index (κ1) is 22.7. The summed E-state index contributed by atoms with van der Waals surface area (Å²) < 4.78 is 45.1. The summed E-state index contributed by atoms with van der Waals surface area (Å²) in [6, 6.07) is 9.19. The van der Waals surface area contributed by atoms with Crippen LogP contribution in [0.4, 0.5) is 18.9 Å². The smallest absolute Gasteiger partial charge is 0.416 e. The highest BCUT2D eigenvalue weighted by Gasteiger charge is 2.30. The van der Waals surface area contributed by atoms with Crippen molar-refractivity contribution in [1.29, 1.82) is 5.26 Å². The predicted octanol–water partition coefficient (Wildman–Crippen LogP) is 6.34. The van der Waals surface area contributed by atoms with Crippen LogP contribution in [-0.2, 0) is 11.0 Å². The van der Waals surface area contributed by atoms with Gasteiger partial charge in [-0.3, -0.25) is 4.79 Å². The number of carbonyl (C=O) groups excluding carboxylic acids is 1. The maximum Gasteiger partial charge on any atom is 0.416 e. The number of nitriles is 1. The van der Waals surface area contributed by atoms with Gasteiger partial charge in [0.1, 0.15) is 24.0 Å². The topological polar surface area (TPSA) is 62.1 Å². The summed E-state index contributed by atoms with van der Waals surface area (Å²) in [5, 5.41) is 11.6. The zero-order valence-electron chi connectivity index (χ0n) is 14.7. The second kappa shape index (κ2) is 9.76. The number of alkyl halides is 3. The molecular weight excluding hydrogens is 517 g/mol. The molecule has 0 aliphatic carbocycles. The Morgan fingerprint density at radius 1 is 1.24 bits per heavy atom. The Morgan fingerprint density at radius 3 is 2.45 bits per heavy atom. The van der Waals surface area contributed by atoms with E-state index in [1.54, 1.807) is 24.3 Å². The standard InChI is InChI=1S/C20H13Br2F3N2O2/c1-2-6-29-18-16(21)8-12(9-17(18)22)7-13(11-26)19(28)27-15-5-3-4-14(10-15)20(23,24)25/h2-5,7-10H,1,6H2,(H,27,28)/b13-7+. The number of carbonyl (C=O) groups is 1. The van der Waals surface area contributed by atoms with Crippen LogP contribution in [0.15, 0.2) is 63.6 Å². The van der Waals surface area contributed by atoms with Gasteiger partial charge in [0.25, 0.3) is 5.91 Å². The lowest BCUT2D eigenvalue weighted by molar-refractivity contribution is -0.137. The second-order valence-corrected chi connectivity index (χ2v) is 7.32. The molecule has 0 radical (unpaired) electrons. The van der Waals surface area contributed by atoms with Crippen molar-refractivity contribution in [2.45, 2.75) is 6.18 Å². The van der Waals surface area contributed by atoms with E-state index in [0.717, 1.165) is 12.1 Å². The molecule has 0 bridgehead atoms. The third-order valence-corrected chi connectivity index (χ3v) is 4.67. The van der Waals surface area contributed by atoms with E-state index in [1.807, 2.05) is 0 Å². The van der Waals surface area contributed by atoms with E-state index in [-0.39, 0.29) is 17.9 Å². The minimum Gasteiger partial charge on any atom is -0.487 e. The maximum atomic E-state index is 12.8. The monoisotopic (exact) mass is 528 g/mol. The van der Waals surface area contributed by atoms with Crippen LogP contribution in [0.1, 0.15) is 11.1 Å². The van der Waals surface area contributed by atoms with Gasteiger partial charge >= 0.3 is 6.18 Å². The molecule has 1 N–H and O–H groups in total. The number of benzene rings is 2. The van der Waals surface area contributed by atoms with Crippen LogP contribution in [0.25, 0.3) is 6.08 Å². The molecule has 0 aliphatic heterocycles. The average Bonchev–Trinajstić information content (AvgIpc) is 2.65. The molecule has 4 nitrogen and oxygen atoms in total. The Morgan fingerprint density at radius 2 is 1.90 bits per heavy atom. The highest BCUT2D eigenvalue weighted by atomic mass is 79.9. The highest BCUT2D eigenvalue weighted by Crippen LogP contribution is 2.35. The number of nitrogens with zero attached hydrogens (tertiary/aromatic N) is 1. The van der Waals surface area contributed by atoms with Crippen LogP contribution in [0.3, 0.4) is 0 Å². The van der Waals surface area contributed by atoms with Gasteiger partial charge in [0.05, 0.1) is 14.5 Å². The lowest BCUT2D eigenvalue weighted by Crippen LogP contribution is -2.14. The Bertz CT molecular complexity index is 989. The molecule has 29 heavy (non-hydrogen) atoms. The van der Waals surface area contributed by atoms with Crippen molar-refractivity contribution in [2.75, 3.05) is 11.9 Å². The van der Waals surface area contributed by atoms with Crippen molar-refractivity contribution < 1.29 is 22.7 Å². The number of nitrogens with one attached hydrogen (secondary N) is 1. The van der Waals surface area contributed by atoms with E-state index < -0.39 is 17.6 Å². The van der Waals surface area contributed by atoms with Gasteiger partial charge in [-0.05, 0) is 73.8 Å². The predicted molar refractivity (Wildman–Crippen MR) is 111 cm³/mol. The van der Waals surface area contributed by atoms with Crippen molar-refractivity contribution in [2.24, 2.45) is 0 Å². The summed E-state index contributed by atoms with van der Waals surface area (Å²) in [5.41, 5.74) is -0.742. The molecule has 0 aromatic heterocycles. The Kier molecular flexibility index (Phi) is 7.65. The van der Waals surface area contributed by atoms with Gasteiger partial charge in [-0.25, -0.2) is 0 Å². The molecular formula is C20H13Br2F3N2O2. The Labute approximate surface area is 181 Å². The summed E-state index contributed by atoms with van der Waals surface area (Å²) in [6.45, 7) is 3.85. The van der Waals surface area contributed by atoms with E-state index in [9.17, 15) is 23.2 Å². The molecule has 2 rings (SSSR count). The molecule has 150 valence electrons. The lowest BCUT2D eigenvalue weighted by Gasteiger charge is -2.11. The summed E-state index contributed by atoms with van der Waals surface area (Å²) in [6.07, 6.45) is -1.64. The Balaban J connectivity index is 2.27. The molecule has 0 atom stereocenters. The molecule has 0 spiro atoms. The van der Waals surface area contributed by atoms with Gasteiger partial charge < -0.3 is 10.1 Å². The van der Waals surface area contributed by atoms with Crippen LogP contribution < -0.4 is 10.1 Å². The fourth-order valence-electron chi connectivity index (χ4n) is 2.23. The number of amides is 1. The summed E-state index contributed by atoms with van der Waals surface area (Å²) >= 11 is 6.70. The number of halogens is 5. The van der Waals surface area contributed by atoms with Gasteiger partial charge in [0.15, 0.2) is 0 Å². The van der Waals surface area contributed by atoms with Crippen molar-refractivity contribution in [1.82, 2.24) is 0 Å². The van der Waals surface area contributed by atoms with Gasteiger partial charge in [-0.15, -0.1) is 0 Å². The molecule has 0 heterocycles. The van der Waals surface area contributed by atoms with Crippen LogP contribution in [0.5, 0.6) is 5.75 Å². The normalized spacial score (nSPS) is 11.5. The van der Waals surface area contributed by atoms with Crippen molar-refractivity contribution in [3.63, 3.8) is 0 Å². The summed E-state index contributed by atoms with van der Waals surface area (Å²) in [7, 11) is 0. The molecule has 2 aromatic rings. The van der Waals surface area contributed by atoms with Crippen molar-refractivity contribution in [3.05, 3.63) is 74.7 Å². The van der Waals surface area contributed by atoms with E-state index in [2.05, 4.69) is 43.8 Å². The van der Waals surface area contributed by atoms with Gasteiger partial charge in [0.2, 0.25) is 0 Å². The maximum absolute atomic E-state index is 12.8. The first-order chi connectivity index (χ1) is 13.7. The third-order valence-electron chi connectivity index (χ3n) is 3.49. The van der Waals surface area contributed by atoms with Crippen LogP contribution >= 0.6 is 31.9 Å². The average molecular weight is 530 g/mol. The van der Waals surface area contributed by atoms with Crippen LogP contribution in [0, 0.1) is 11.3 Å². The lowest BCUT2D eigenvalue weighted by atomic mass is 10.1. The molecule has 0 fully saturated rings. The minimum atomic E-state index is -4.54. The summed E-state index contributed by atoms with van der Waals surface area (Å²) in [5.74, 6) is -0.306. The number of hydrogen-bond donors (Lipinski definition) is 1. The number of rotatable bonds is 6. The molecule has 0 aliphatic rings. The zero-order valence-corrected chi connectivity index (χ0v) is 17.9. The molecule has 0 saturated carbocycles. The van der Waals surface area contributed by atoms with Gasteiger partial charge in [-0.1, -0.05) is 18.7 Å². The number of anilines is 1.